The van der Waals surface area contributed by atoms with E-state index in [4.69, 9.17) is 4.74 Å². The van der Waals surface area contributed by atoms with E-state index in [0.717, 1.165) is 38.5 Å². The van der Waals surface area contributed by atoms with Gasteiger partial charge in [0.25, 0.3) is 0 Å². The van der Waals surface area contributed by atoms with Crippen LogP contribution in [0.4, 0.5) is 0 Å². The summed E-state index contributed by atoms with van der Waals surface area (Å²) < 4.78 is 5.15. The van der Waals surface area contributed by atoms with Crippen molar-refractivity contribution in [1.82, 2.24) is 0 Å². The van der Waals surface area contributed by atoms with E-state index in [2.05, 4.69) is 0 Å². The van der Waals surface area contributed by atoms with Gasteiger partial charge in [-0.1, -0.05) is 19.3 Å². The highest BCUT2D eigenvalue weighted by molar-refractivity contribution is 5.98. The third kappa shape index (κ3) is 2.64. The molecule has 2 aliphatic rings. The molecule has 1 aliphatic heterocycles. The highest BCUT2D eigenvalue weighted by Gasteiger charge is 2.29. The SMILES string of the molecule is O=C(C1=COCCC1)C(O)C1CCCCC1. The largest absolute Gasteiger partial charge is 0.501 e. The first-order chi connectivity index (χ1) is 7.79. The summed E-state index contributed by atoms with van der Waals surface area (Å²) in [6.07, 6.45) is 7.88. The first-order valence-electron chi connectivity index (χ1n) is 6.32. The molecule has 0 saturated heterocycles. The summed E-state index contributed by atoms with van der Waals surface area (Å²) in [6, 6.07) is 0. The van der Waals surface area contributed by atoms with Crippen molar-refractivity contribution < 1.29 is 14.6 Å². The van der Waals surface area contributed by atoms with E-state index in [9.17, 15) is 9.90 Å². The first kappa shape index (κ1) is 11.6. The quantitative estimate of drug-likeness (QED) is 0.799. The van der Waals surface area contributed by atoms with E-state index in [1.54, 1.807) is 0 Å². The topological polar surface area (TPSA) is 46.5 Å². The summed E-state index contributed by atoms with van der Waals surface area (Å²) >= 11 is 0. The number of ether oxygens (including phenoxy) is 1. The van der Waals surface area contributed by atoms with Crippen LogP contribution in [0.1, 0.15) is 44.9 Å². The molecule has 3 heteroatoms. The standard InChI is InChI=1S/C13H20O3/c14-12(10-5-2-1-3-6-10)13(15)11-7-4-8-16-9-11/h9-10,12,14H,1-8H2. The number of hydrogen-bond acceptors (Lipinski definition) is 3. The molecule has 16 heavy (non-hydrogen) atoms. The molecule has 0 amide bonds. The van der Waals surface area contributed by atoms with E-state index < -0.39 is 6.10 Å². The Morgan fingerprint density at radius 2 is 2.06 bits per heavy atom. The van der Waals surface area contributed by atoms with Crippen LogP contribution in [-0.4, -0.2) is 23.6 Å². The highest BCUT2D eigenvalue weighted by atomic mass is 16.5. The Bertz CT molecular complexity index is 277. The third-order valence-electron chi connectivity index (χ3n) is 3.62. The number of carbonyl (C=O) groups excluding carboxylic acids is 1. The van der Waals surface area contributed by atoms with Crippen LogP contribution in [0.15, 0.2) is 11.8 Å². The van der Waals surface area contributed by atoms with Gasteiger partial charge in [0, 0.05) is 5.57 Å². The Kier molecular flexibility index (Phi) is 3.99. The fraction of sp³-hybridized carbons (Fsp3) is 0.769. The number of aliphatic hydroxyl groups is 1. The van der Waals surface area contributed by atoms with Crippen LogP contribution in [0.3, 0.4) is 0 Å². The average Bonchev–Trinajstić information content (AvgIpc) is 2.39. The molecule has 90 valence electrons. The van der Waals surface area contributed by atoms with Crippen molar-refractivity contribution >= 4 is 5.78 Å². The van der Waals surface area contributed by atoms with E-state index in [-0.39, 0.29) is 11.7 Å². The van der Waals surface area contributed by atoms with Gasteiger partial charge in [-0.25, -0.2) is 0 Å². The molecule has 0 aromatic rings. The van der Waals surface area contributed by atoms with Gasteiger partial charge in [-0.05, 0) is 31.6 Å². The van der Waals surface area contributed by atoms with Crippen LogP contribution in [0.5, 0.6) is 0 Å². The van der Waals surface area contributed by atoms with Gasteiger partial charge in [-0.2, -0.15) is 0 Å². The van der Waals surface area contributed by atoms with Crippen LogP contribution in [0, 0.1) is 5.92 Å². The third-order valence-corrected chi connectivity index (χ3v) is 3.62. The van der Waals surface area contributed by atoms with Gasteiger partial charge in [0.1, 0.15) is 6.10 Å². The number of carbonyl (C=O) groups is 1. The molecule has 1 heterocycles. The summed E-state index contributed by atoms with van der Waals surface area (Å²) in [5.74, 6) is 0.0654. The lowest BCUT2D eigenvalue weighted by molar-refractivity contribution is -0.127. The Morgan fingerprint density at radius 3 is 2.69 bits per heavy atom. The lowest BCUT2D eigenvalue weighted by Crippen LogP contribution is -2.32. The molecule has 0 radical (unpaired) electrons. The Labute approximate surface area is 96.5 Å². The van der Waals surface area contributed by atoms with E-state index in [1.165, 1.54) is 12.7 Å². The van der Waals surface area contributed by atoms with E-state index >= 15 is 0 Å². The minimum absolute atomic E-state index is 0.105. The molecule has 1 atom stereocenters. The summed E-state index contributed by atoms with van der Waals surface area (Å²) in [4.78, 5) is 12.0. The zero-order chi connectivity index (χ0) is 11.4. The van der Waals surface area contributed by atoms with Gasteiger partial charge in [-0.15, -0.1) is 0 Å². The number of hydrogen-bond donors (Lipinski definition) is 1. The molecule has 1 fully saturated rings. The second kappa shape index (κ2) is 5.48. The molecule has 3 nitrogen and oxygen atoms in total. The summed E-state index contributed by atoms with van der Waals surface area (Å²) in [7, 11) is 0. The van der Waals surface area contributed by atoms with Crippen LogP contribution in [-0.2, 0) is 9.53 Å². The average molecular weight is 224 g/mol. The zero-order valence-electron chi connectivity index (χ0n) is 9.65. The molecule has 0 bridgehead atoms. The van der Waals surface area contributed by atoms with E-state index in [1.807, 2.05) is 0 Å². The number of Topliss-reactive ketones (excluding diaryl/α,β-unsaturated/α-hetero) is 1. The van der Waals surface area contributed by atoms with Crippen LogP contribution >= 0.6 is 0 Å². The van der Waals surface area contributed by atoms with Crippen molar-refractivity contribution in [3.05, 3.63) is 11.8 Å². The Hall–Kier alpha value is -0.830. The van der Waals surface area contributed by atoms with Gasteiger partial charge in [0.15, 0.2) is 5.78 Å². The van der Waals surface area contributed by atoms with Crippen molar-refractivity contribution in [2.24, 2.45) is 5.92 Å². The van der Waals surface area contributed by atoms with Gasteiger partial charge in [0.2, 0.25) is 0 Å². The zero-order valence-corrected chi connectivity index (χ0v) is 9.65. The Morgan fingerprint density at radius 1 is 1.31 bits per heavy atom. The minimum Gasteiger partial charge on any atom is -0.501 e. The van der Waals surface area contributed by atoms with Crippen molar-refractivity contribution in [3.8, 4) is 0 Å². The van der Waals surface area contributed by atoms with Gasteiger partial charge < -0.3 is 9.84 Å². The minimum atomic E-state index is -0.798. The lowest BCUT2D eigenvalue weighted by atomic mass is 9.82. The molecular formula is C13H20O3. The summed E-state index contributed by atoms with van der Waals surface area (Å²) in [6.45, 7) is 0.691. The monoisotopic (exact) mass is 224 g/mol. The van der Waals surface area contributed by atoms with Gasteiger partial charge in [-0.3, -0.25) is 4.79 Å². The molecule has 1 N–H and O–H groups in total. The van der Waals surface area contributed by atoms with Crippen molar-refractivity contribution in [3.63, 3.8) is 0 Å². The molecule has 1 aliphatic carbocycles. The number of rotatable bonds is 3. The molecule has 0 aromatic heterocycles. The van der Waals surface area contributed by atoms with E-state index in [0.29, 0.717) is 12.2 Å². The van der Waals surface area contributed by atoms with Crippen LogP contribution < -0.4 is 0 Å². The first-order valence-corrected chi connectivity index (χ1v) is 6.32. The van der Waals surface area contributed by atoms with Gasteiger partial charge in [0.05, 0.1) is 12.9 Å². The predicted molar refractivity (Wildman–Crippen MR) is 60.9 cm³/mol. The molecule has 1 saturated carbocycles. The summed E-state index contributed by atoms with van der Waals surface area (Å²) in [5.41, 5.74) is 0.671. The number of ketones is 1. The highest BCUT2D eigenvalue weighted by Crippen LogP contribution is 2.28. The molecule has 0 spiro atoms. The molecule has 2 rings (SSSR count). The van der Waals surface area contributed by atoms with Crippen LogP contribution in [0.25, 0.3) is 0 Å². The number of aliphatic hydroxyl groups excluding tert-OH is 1. The maximum Gasteiger partial charge on any atom is 0.190 e. The van der Waals surface area contributed by atoms with Crippen LogP contribution in [0.2, 0.25) is 0 Å². The maximum absolute atomic E-state index is 12.0. The van der Waals surface area contributed by atoms with Crippen molar-refractivity contribution in [2.75, 3.05) is 6.61 Å². The second-order valence-electron chi connectivity index (χ2n) is 4.82. The Balaban J connectivity index is 1.94. The normalized spacial score (nSPS) is 24.4. The molecule has 0 aromatic carbocycles. The smallest absolute Gasteiger partial charge is 0.190 e. The fourth-order valence-corrected chi connectivity index (χ4v) is 2.60. The molecule has 1 unspecified atom stereocenters. The lowest BCUT2D eigenvalue weighted by Gasteiger charge is -2.26. The predicted octanol–water partition coefficient (Wildman–Crippen LogP) is 2.19. The molecular weight excluding hydrogens is 204 g/mol. The van der Waals surface area contributed by atoms with Gasteiger partial charge >= 0.3 is 0 Å². The second-order valence-corrected chi connectivity index (χ2v) is 4.82. The van der Waals surface area contributed by atoms with Crippen molar-refractivity contribution in [2.45, 2.75) is 51.0 Å². The maximum atomic E-state index is 12.0. The summed E-state index contributed by atoms with van der Waals surface area (Å²) in [5, 5.41) is 10.0. The fourth-order valence-electron chi connectivity index (χ4n) is 2.60. The van der Waals surface area contributed by atoms with Crippen molar-refractivity contribution in [1.29, 1.82) is 0 Å².